The first-order valence-electron chi connectivity index (χ1n) is 6.10. The van der Waals surface area contributed by atoms with Gasteiger partial charge in [0.05, 0.1) is 5.88 Å². The van der Waals surface area contributed by atoms with Gasteiger partial charge in [0, 0.05) is 24.7 Å². The van der Waals surface area contributed by atoms with Crippen molar-refractivity contribution < 1.29 is 0 Å². The van der Waals surface area contributed by atoms with Gasteiger partial charge in [0.1, 0.15) is 17.3 Å². The highest BCUT2D eigenvalue weighted by molar-refractivity contribution is 6.31. The molecule has 0 N–H and O–H groups in total. The van der Waals surface area contributed by atoms with Crippen LogP contribution in [-0.2, 0) is 5.88 Å². The first kappa shape index (κ1) is 13.8. The molecule has 1 aliphatic rings. The van der Waals surface area contributed by atoms with Crippen molar-refractivity contribution in [3.8, 4) is 0 Å². The van der Waals surface area contributed by atoms with Gasteiger partial charge in [0.25, 0.3) is 0 Å². The van der Waals surface area contributed by atoms with Crippen LogP contribution >= 0.6 is 23.2 Å². The minimum Gasteiger partial charge on any atom is -0.352 e. The number of aromatic nitrogens is 2. The third-order valence-corrected chi connectivity index (χ3v) is 3.82. The van der Waals surface area contributed by atoms with Crippen LogP contribution in [0.15, 0.2) is 6.33 Å². The third kappa shape index (κ3) is 2.87. The molecule has 2 rings (SSSR count). The second-order valence-electron chi connectivity index (χ2n) is 4.85. The normalized spacial score (nSPS) is 19.8. The maximum Gasteiger partial charge on any atom is 0.138 e. The summed E-state index contributed by atoms with van der Waals surface area (Å²) in [6, 6.07) is 0.480. The average Bonchev–Trinajstić information content (AvgIpc) is 2.75. The van der Waals surface area contributed by atoms with Crippen molar-refractivity contribution in [3.05, 3.63) is 17.0 Å². The molecular formula is C12H18Cl2N4. The molecule has 1 aliphatic heterocycles. The van der Waals surface area contributed by atoms with Gasteiger partial charge in [-0.3, -0.25) is 0 Å². The van der Waals surface area contributed by atoms with Crippen molar-refractivity contribution in [2.45, 2.75) is 24.8 Å². The predicted molar refractivity (Wildman–Crippen MR) is 75.5 cm³/mol. The Morgan fingerprint density at radius 1 is 1.44 bits per heavy atom. The van der Waals surface area contributed by atoms with Crippen LogP contribution in [0.5, 0.6) is 0 Å². The van der Waals surface area contributed by atoms with Gasteiger partial charge in [-0.15, -0.1) is 11.6 Å². The summed E-state index contributed by atoms with van der Waals surface area (Å²) in [6.45, 7) is 2.03. The summed E-state index contributed by atoms with van der Waals surface area (Å²) in [5, 5.41) is 0.463. The Kier molecular flexibility index (Phi) is 4.65. The lowest BCUT2D eigenvalue weighted by Crippen LogP contribution is -2.38. The Morgan fingerprint density at radius 2 is 2.22 bits per heavy atom. The molecule has 1 fully saturated rings. The molecule has 1 aromatic heterocycles. The van der Waals surface area contributed by atoms with Gasteiger partial charge >= 0.3 is 0 Å². The lowest BCUT2D eigenvalue weighted by molar-refractivity contribution is 0.371. The fourth-order valence-corrected chi connectivity index (χ4v) is 2.98. The third-order valence-electron chi connectivity index (χ3n) is 3.23. The lowest BCUT2D eigenvalue weighted by Gasteiger charge is -2.29. The highest BCUT2D eigenvalue weighted by Crippen LogP contribution is 2.30. The van der Waals surface area contributed by atoms with E-state index in [1.807, 2.05) is 0 Å². The van der Waals surface area contributed by atoms with E-state index in [0.29, 0.717) is 17.1 Å². The number of rotatable bonds is 4. The number of anilines is 1. The van der Waals surface area contributed by atoms with E-state index < -0.39 is 0 Å². The maximum atomic E-state index is 6.09. The quantitative estimate of drug-likeness (QED) is 0.629. The van der Waals surface area contributed by atoms with Gasteiger partial charge in [-0.05, 0) is 26.9 Å². The second-order valence-corrected chi connectivity index (χ2v) is 5.48. The molecule has 1 saturated heterocycles. The Bertz CT molecular complexity index is 411. The van der Waals surface area contributed by atoms with Crippen molar-refractivity contribution >= 4 is 29.0 Å². The Labute approximate surface area is 118 Å². The SMILES string of the molecule is CN(C)CC1CCCN1c1ncnc(Cl)c1CCl. The van der Waals surface area contributed by atoms with E-state index in [9.17, 15) is 0 Å². The van der Waals surface area contributed by atoms with Gasteiger partial charge in [-0.2, -0.15) is 0 Å². The van der Waals surface area contributed by atoms with Crippen molar-refractivity contribution in [1.82, 2.24) is 14.9 Å². The molecule has 0 aromatic carbocycles. The summed E-state index contributed by atoms with van der Waals surface area (Å²) >= 11 is 12.1. The Balaban J connectivity index is 2.27. The van der Waals surface area contributed by atoms with E-state index in [1.54, 1.807) is 0 Å². The largest absolute Gasteiger partial charge is 0.352 e. The van der Waals surface area contributed by atoms with Crippen molar-refractivity contribution in [1.29, 1.82) is 0 Å². The van der Waals surface area contributed by atoms with Crippen molar-refractivity contribution in [2.24, 2.45) is 0 Å². The lowest BCUT2D eigenvalue weighted by atomic mass is 10.2. The number of nitrogens with zero attached hydrogens (tertiary/aromatic N) is 4. The van der Waals surface area contributed by atoms with Gasteiger partial charge < -0.3 is 9.80 Å². The average molecular weight is 289 g/mol. The molecule has 0 aliphatic carbocycles. The minimum absolute atomic E-state index is 0.347. The van der Waals surface area contributed by atoms with E-state index in [4.69, 9.17) is 23.2 Å². The van der Waals surface area contributed by atoms with E-state index in [0.717, 1.165) is 24.5 Å². The van der Waals surface area contributed by atoms with Crippen LogP contribution in [-0.4, -0.2) is 48.1 Å². The highest BCUT2D eigenvalue weighted by Gasteiger charge is 2.28. The molecule has 1 unspecified atom stereocenters. The monoisotopic (exact) mass is 288 g/mol. The van der Waals surface area contributed by atoms with Gasteiger partial charge in [-0.1, -0.05) is 11.6 Å². The molecule has 0 amide bonds. The van der Waals surface area contributed by atoms with Crippen molar-refractivity contribution in [2.75, 3.05) is 32.1 Å². The molecule has 100 valence electrons. The molecule has 4 nitrogen and oxygen atoms in total. The fourth-order valence-electron chi connectivity index (χ4n) is 2.47. The van der Waals surface area contributed by atoms with Crippen LogP contribution in [0.4, 0.5) is 5.82 Å². The molecular weight excluding hydrogens is 271 g/mol. The molecule has 18 heavy (non-hydrogen) atoms. The smallest absolute Gasteiger partial charge is 0.138 e. The number of likely N-dealkylation sites (N-methyl/N-ethyl adjacent to an activating group) is 1. The van der Waals surface area contributed by atoms with E-state index in [1.165, 1.54) is 19.2 Å². The predicted octanol–water partition coefficient (Wildman–Crippen LogP) is 2.40. The molecule has 2 heterocycles. The molecule has 1 atom stereocenters. The zero-order valence-electron chi connectivity index (χ0n) is 10.7. The first-order valence-corrected chi connectivity index (χ1v) is 7.01. The zero-order chi connectivity index (χ0) is 13.1. The summed E-state index contributed by atoms with van der Waals surface area (Å²) < 4.78 is 0. The first-order chi connectivity index (χ1) is 8.63. The number of hydrogen-bond donors (Lipinski definition) is 0. The van der Waals surface area contributed by atoms with E-state index in [2.05, 4.69) is 33.9 Å². The molecule has 6 heteroatoms. The second kappa shape index (κ2) is 6.04. The highest BCUT2D eigenvalue weighted by atomic mass is 35.5. The van der Waals surface area contributed by atoms with Gasteiger partial charge in [0.15, 0.2) is 0 Å². The molecule has 0 spiro atoms. The van der Waals surface area contributed by atoms with Gasteiger partial charge in [0.2, 0.25) is 0 Å². The van der Waals surface area contributed by atoms with Crippen LogP contribution in [0.3, 0.4) is 0 Å². The fraction of sp³-hybridized carbons (Fsp3) is 0.667. The topological polar surface area (TPSA) is 32.3 Å². The molecule has 1 aromatic rings. The molecule has 0 bridgehead atoms. The standard InChI is InChI=1S/C12H18Cl2N4/c1-17(2)7-9-4-3-5-18(9)12-10(6-13)11(14)15-8-16-12/h8-9H,3-7H2,1-2H3. The van der Waals surface area contributed by atoms with Crippen LogP contribution in [0.25, 0.3) is 0 Å². The van der Waals surface area contributed by atoms with Gasteiger partial charge in [-0.25, -0.2) is 9.97 Å². The zero-order valence-corrected chi connectivity index (χ0v) is 12.2. The summed E-state index contributed by atoms with van der Waals surface area (Å²) in [4.78, 5) is 12.9. The Hall–Kier alpha value is -0.580. The summed E-state index contributed by atoms with van der Waals surface area (Å²) in [5.41, 5.74) is 0.839. The summed E-state index contributed by atoms with van der Waals surface area (Å²) in [7, 11) is 4.18. The van der Waals surface area contributed by atoms with Crippen LogP contribution in [0.1, 0.15) is 18.4 Å². The number of halogens is 2. The maximum absolute atomic E-state index is 6.09. The van der Waals surface area contributed by atoms with Crippen LogP contribution in [0, 0.1) is 0 Å². The van der Waals surface area contributed by atoms with E-state index >= 15 is 0 Å². The Morgan fingerprint density at radius 3 is 2.89 bits per heavy atom. The number of alkyl halides is 1. The number of hydrogen-bond acceptors (Lipinski definition) is 4. The van der Waals surface area contributed by atoms with Crippen LogP contribution in [0.2, 0.25) is 5.15 Å². The van der Waals surface area contributed by atoms with Crippen LogP contribution < -0.4 is 4.90 Å². The van der Waals surface area contributed by atoms with E-state index in [-0.39, 0.29) is 0 Å². The van der Waals surface area contributed by atoms with Crippen molar-refractivity contribution in [3.63, 3.8) is 0 Å². The molecule has 0 saturated carbocycles. The summed E-state index contributed by atoms with van der Waals surface area (Å²) in [5.74, 6) is 1.24. The minimum atomic E-state index is 0.347. The molecule has 0 radical (unpaired) electrons. The summed E-state index contributed by atoms with van der Waals surface area (Å²) in [6.07, 6.45) is 3.88.